The van der Waals surface area contributed by atoms with Crippen LogP contribution in [0.2, 0.25) is 5.15 Å². The molecule has 1 aromatic heterocycles. The van der Waals surface area contributed by atoms with Gasteiger partial charge in [-0.2, -0.15) is 0 Å². The molecule has 0 fully saturated rings. The van der Waals surface area contributed by atoms with Gasteiger partial charge in [0.25, 0.3) is 0 Å². The molecule has 0 saturated carbocycles. The zero-order chi connectivity index (χ0) is 9.42. The molecule has 3 heteroatoms. The fourth-order valence-corrected chi connectivity index (χ4v) is 1.61. The van der Waals surface area contributed by atoms with E-state index in [9.17, 15) is 4.39 Å². The number of fused-ring (bicyclic) bond motifs is 1. The first-order chi connectivity index (χ1) is 6.18. The lowest BCUT2D eigenvalue weighted by Crippen LogP contribution is -1.87. The lowest BCUT2D eigenvalue weighted by molar-refractivity contribution is 0.639. The van der Waals surface area contributed by atoms with Gasteiger partial charge in [0, 0.05) is 16.5 Å². The number of aryl methyl sites for hydroxylation is 1. The van der Waals surface area contributed by atoms with Gasteiger partial charge < -0.3 is 0 Å². The zero-order valence-corrected chi connectivity index (χ0v) is 7.77. The molecule has 0 bridgehead atoms. The van der Waals surface area contributed by atoms with Gasteiger partial charge in [-0.05, 0) is 19.1 Å². The van der Waals surface area contributed by atoms with Crippen LogP contribution >= 0.6 is 11.6 Å². The van der Waals surface area contributed by atoms with Crippen molar-refractivity contribution in [2.45, 2.75) is 6.92 Å². The van der Waals surface area contributed by atoms with Crippen molar-refractivity contribution in [3.63, 3.8) is 0 Å². The van der Waals surface area contributed by atoms with Crippen molar-refractivity contribution in [3.8, 4) is 0 Å². The van der Waals surface area contributed by atoms with E-state index in [4.69, 9.17) is 11.6 Å². The standard InChI is InChI=1S/C10H7ClFN/c1-6-7-3-2-4-9(12)8(7)5-10(11)13-6/h2-5H,1H3. The fourth-order valence-electron chi connectivity index (χ4n) is 1.37. The molecule has 1 heterocycles. The minimum Gasteiger partial charge on any atom is -0.241 e. The summed E-state index contributed by atoms with van der Waals surface area (Å²) in [6.07, 6.45) is 0. The second-order valence-electron chi connectivity index (χ2n) is 2.87. The fraction of sp³-hybridized carbons (Fsp3) is 0.100. The summed E-state index contributed by atoms with van der Waals surface area (Å²) in [6.45, 7) is 1.81. The minimum atomic E-state index is -0.259. The van der Waals surface area contributed by atoms with Crippen LogP contribution in [-0.4, -0.2) is 4.98 Å². The Morgan fingerprint density at radius 1 is 1.31 bits per heavy atom. The van der Waals surface area contributed by atoms with E-state index in [1.807, 2.05) is 13.0 Å². The monoisotopic (exact) mass is 195 g/mol. The van der Waals surface area contributed by atoms with Crippen molar-refractivity contribution in [1.82, 2.24) is 4.98 Å². The maximum Gasteiger partial charge on any atom is 0.131 e. The molecule has 2 aromatic rings. The van der Waals surface area contributed by atoms with Crippen molar-refractivity contribution < 1.29 is 4.39 Å². The van der Waals surface area contributed by atoms with Crippen LogP contribution < -0.4 is 0 Å². The predicted molar refractivity (Wildman–Crippen MR) is 51.4 cm³/mol. The lowest BCUT2D eigenvalue weighted by atomic mass is 10.1. The molecule has 2 rings (SSSR count). The van der Waals surface area contributed by atoms with Crippen molar-refractivity contribution >= 4 is 22.4 Å². The average Bonchev–Trinajstić information content (AvgIpc) is 2.07. The number of rotatable bonds is 0. The molecule has 0 radical (unpaired) electrons. The van der Waals surface area contributed by atoms with E-state index in [0.717, 1.165) is 11.1 Å². The molecule has 0 aliphatic carbocycles. The summed E-state index contributed by atoms with van der Waals surface area (Å²) in [5, 5.41) is 1.67. The van der Waals surface area contributed by atoms with E-state index in [0.29, 0.717) is 10.5 Å². The highest BCUT2D eigenvalue weighted by atomic mass is 35.5. The van der Waals surface area contributed by atoms with Crippen molar-refractivity contribution in [2.24, 2.45) is 0 Å². The summed E-state index contributed by atoms with van der Waals surface area (Å²) < 4.78 is 13.3. The van der Waals surface area contributed by atoms with E-state index in [1.54, 1.807) is 12.1 Å². The maximum absolute atomic E-state index is 13.3. The summed E-state index contributed by atoms with van der Waals surface area (Å²) in [4.78, 5) is 4.04. The van der Waals surface area contributed by atoms with E-state index in [-0.39, 0.29) is 5.82 Å². The first kappa shape index (κ1) is 8.45. The number of benzene rings is 1. The van der Waals surface area contributed by atoms with Gasteiger partial charge in [0.05, 0.1) is 0 Å². The maximum atomic E-state index is 13.3. The molecule has 13 heavy (non-hydrogen) atoms. The molecule has 0 aliphatic heterocycles. The average molecular weight is 196 g/mol. The Labute approximate surface area is 80.2 Å². The van der Waals surface area contributed by atoms with Crippen LogP contribution in [0.1, 0.15) is 5.69 Å². The highest BCUT2D eigenvalue weighted by Crippen LogP contribution is 2.22. The van der Waals surface area contributed by atoms with Crippen LogP contribution in [-0.2, 0) is 0 Å². The van der Waals surface area contributed by atoms with Gasteiger partial charge in [-0.25, -0.2) is 9.37 Å². The number of hydrogen-bond acceptors (Lipinski definition) is 1. The Bertz CT molecular complexity index is 468. The van der Waals surface area contributed by atoms with Crippen LogP contribution in [0.4, 0.5) is 4.39 Å². The van der Waals surface area contributed by atoms with Crippen LogP contribution in [0.5, 0.6) is 0 Å². The first-order valence-electron chi connectivity index (χ1n) is 3.90. The van der Waals surface area contributed by atoms with Gasteiger partial charge in [0.1, 0.15) is 11.0 Å². The molecule has 0 N–H and O–H groups in total. The summed E-state index contributed by atoms with van der Waals surface area (Å²) >= 11 is 5.72. The molecule has 0 unspecified atom stereocenters. The molecule has 0 aliphatic rings. The third-order valence-electron chi connectivity index (χ3n) is 1.98. The second-order valence-corrected chi connectivity index (χ2v) is 3.25. The first-order valence-corrected chi connectivity index (χ1v) is 4.27. The molecule has 1 aromatic carbocycles. The molecule has 66 valence electrons. The molecular formula is C10H7ClFN. The number of nitrogens with zero attached hydrogens (tertiary/aromatic N) is 1. The van der Waals surface area contributed by atoms with Crippen molar-refractivity contribution in [3.05, 3.63) is 40.9 Å². The summed E-state index contributed by atoms with van der Waals surface area (Å²) in [5.41, 5.74) is 0.752. The van der Waals surface area contributed by atoms with E-state index < -0.39 is 0 Å². The van der Waals surface area contributed by atoms with E-state index >= 15 is 0 Å². The summed E-state index contributed by atoms with van der Waals surface area (Å²) in [7, 11) is 0. The van der Waals surface area contributed by atoms with E-state index in [2.05, 4.69) is 4.98 Å². The smallest absolute Gasteiger partial charge is 0.131 e. The molecule has 0 spiro atoms. The second kappa shape index (κ2) is 2.96. The quantitative estimate of drug-likeness (QED) is 0.588. The summed E-state index contributed by atoms with van der Waals surface area (Å²) in [5.74, 6) is -0.259. The van der Waals surface area contributed by atoms with Crippen LogP contribution in [0, 0.1) is 12.7 Å². The van der Waals surface area contributed by atoms with Crippen molar-refractivity contribution in [1.29, 1.82) is 0 Å². The van der Waals surface area contributed by atoms with Gasteiger partial charge in [-0.3, -0.25) is 0 Å². The van der Waals surface area contributed by atoms with Gasteiger partial charge in [-0.15, -0.1) is 0 Å². The third-order valence-corrected chi connectivity index (χ3v) is 2.17. The van der Waals surface area contributed by atoms with E-state index in [1.165, 1.54) is 6.07 Å². The topological polar surface area (TPSA) is 12.9 Å². The number of pyridine rings is 1. The Morgan fingerprint density at radius 2 is 2.08 bits per heavy atom. The number of halogens is 2. The highest BCUT2D eigenvalue weighted by molar-refractivity contribution is 6.30. The Morgan fingerprint density at radius 3 is 2.85 bits per heavy atom. The predicted octanol–water partition coefficient (Wildman–Crippen LogP) is 3.34. The Hall–Kier alpha value is -1.15. The molecule has 0 amide bonds. The third kappa shape index (κ3) is 1.38. The Balaban J connectivity index is 2.94. The molecular weight excluding hydrogens is 189 g/mol. The molecule has 0 atom stereocenters. The van der Waals surface area contributed by atoms with Crippen LogP contribution in [0.15, 0.2) is 24.3 Å². The number of hydrogen-bond donors (Lipinski definition) is 0. The largest absolute Gasteiger partial charge is 0.241 e. The Kier molecular flexibility index (Phi) is 1.93. The summed E-state index contributed by atoms with van der Waals surface area (Å²) in [6, 6.07) is 6.45. The van der Waals surface area contributed by atoms with Gasteiger partial charge in [-0.1, -0.05) is 23.7 Å². The number of aromatic nitrogens is 1. The van der Waals surface area contributed by atoms with Gasteiger partial charge in [0.2, 0.25) is 0 Å². The lowest BCUT2D eigenvalue weighted by Gasteiger charge is -2.02. The van der Waals surface area contributed by atoms with Crippen LogP contribution in [0.3, 0.4) is 0 Å². The highest BCUT2D eigenvalue weighted by Gasteiger charge is 2.04. The minimum absolute atomic E-state index is 0.259. The van der Waals surface area contributed by atoms with Gasteiger partial charge in [0.15, 0.2) is 0 Å². The molecule has 1 nitrogen and oxygen atoms in total. The zero-order valence-electron chi connectivity index (χ0n) is 7.01. The molecule has 0 saturated heterocycles. The van der Waals surface area contributed by atoms with Crippen LogP contribution in [0.25, 0.3) is 10.8 Å². The normalized spacial score (nSPS) is 10.7. The van der Waals surface area contributed by atoms with Crippen molar-refractivity contribution in [2.75, 3.05) is 0 Å². The SMILES string of the molecule is Cc1nc(Cl)cc2c(F)cccc12. The van der Waals surface area contributed by atoms with Gasteiger partial charge >= 0.3 is 0 Å².